The Morgan fingerprint density at radius 1 is 1.03 bits per heavy atom. The number of nitrogens with zero attached hydrogens (tertiary/aromatic N) is 5. The number of allylic oxidation sites excluding steroid dienone is 1. The van der Waals surface area contributed by atoms with Gasteiger partial charge in [-0.1, -0.05) is 18.2 Å². The molecule has 0 amide bonds. The minimum atomic E-state index is 0.169. The summed E-state index contributed by atoms with van der Waals surface area (Å²) in [5, 5.41) is 12.0. The third-order valence-electron chi connectivity index (χ3n) is 5.60. The highest BCUT2D eigenvalue weighted by atomic mass is 16.4. The predicted molar refractivity (Wildman–Crippen MR) is 124 cm³/mol. The fourth-order valence-electron chi connectivity index (χ4n) is 3.97. The number of oxazole rings is 1. The first-order valence-electron chi connectivity index (χ1n) is 10.3. The highest BCUT2D eigenvalue weighted by molar-refractivity contribution is 5.86. The van der Waals surface area contributed by atoms with Crippen LogP contribution < -0.4 is 16.0 Å². The molecule has 1 fully saturated rings. The number of anilines is 2. The summed E-state index contributed by atoms with van der Waals surface area (Å²) in [4.78, 5) is 16.0. The van der Waals surface area contributed by atoms with E-state index in [1.54, 1.807) is 12.3 Å². The van der Waals surface area contributed by atoms with Crippen molar-refractivity contribution >= 4 is 40.2 Å². The molecule has 1 saturated heterocycles. The minimum Gasteiger partial charge on any atom is -0.811 e. The minimum absolute atomic E-state index is 0.169. The molecule has 1 aliphatic heterocycles. The second-order valence-electron chi connectivity index (χ2n) is 7.60. The van der Waals surface area contributed by atoms with Crippen molar-refractivity contribution in [2.45, 2.75) is 18.9 Å². The van der Waals surface area contributed by atoms with Crippen LogP contribution in [0, 0.1) is 0 Å². The average molecular weight is 412 g/mol. The highest BCUT2D eigenvalue weighted by Crippen LogP contribution is 2.28. The van der Waals surface area contributed by atoms with E-state index >= 15 is 0 Å². The van der Waals surface area contributed by atoms with Gasteiger partial charge in [-0.05, 0) is 54.4 Å². The van der Waals surface area contributed by atoms with Gasteiger partial charge in [-0.3, -0.25) is 4.98 Å². The molecule has 5 rings (SSSR count). The summed E-state index contributed by atoms with van der Waals surface area (Å²) in [5.41, 5.74) is 10.9. The molecule has 0 spiro atoms. The van der Waals surface area contributed by atoms with E-state index in [4.69, 9.17) is 20.5 Å². The van der Waals surface area contributed by atoms with Gasteiger partial charge in [0, 0.05) is 19.1 Å². The molecule has 0 bridgehead atoms. The summed E-state index contributed by atoms with van der Waals surface area (Å²) in [6.07, 6.45) is 8.24. The molecule has 8 nitrogen and oxygen atoms in total. The summed E-state index contributed by atoms with van der Waals surface area (Å²) < 4.78 is 5.36. The van der Waals surface area contributed by atoms with Crippen LogP contribution in [0.1, 0.15) is 12.8 Å². The van der Waals surface area contributed by atoms with Crippen LogP contribution in [0.2, 0.25) is 0 Å². The SMILES string of the molecule is [N-]=C/C=C\NC1CCN(c2cnc3ccc(-c4ccc5oc(N)nc5c4)cc3n2)CC1. The van der Waals surface area contributed by atoms with Crippen molar-refractivity contribution in [1.29, 1.82) is 0 Å². The van der Waals surface area contributed by atoms with Gasteiger partial charge < -0.3 is 25.8 Å². The molecular formula is C23H22N7O-. The average Bonchev–Trinajstić information content (AvgIpc) is 3.18. The van der Waals surface area contributed by atoms with Crippen LogP contribution >= 0.6 is 0 Å². The quantitative estimate of drug-likeness (QED) is 0.480. The molecule has 0 aliphatic carbocycles. The summed E-state index contributed by atoms with van der Waals surface area (Å²) in [5.74, 6) is 0.891. The molecule has 8 heteroatoms. The Morgan fingerprint density at radius 2 is 1.81 bits per heavy atom. The normalized spacial score (nSPS) is 15.2. The van der Waals surface area contributed by atoms with Gasteiger partial charge in [0.1, 0.15) is 11.3 Å². The maximum absolute atomic E-state index is 8.73. The third-order valence-corrected chi connectivity index (χ3v) is 5.60. The van der Waals surface area contributed by atoms with Gasteiger partial charge >= 0.3 is 0 Å². The second-order valence-corrected chi connectivity index (χ2v) is 7.60. The monoisotopic (exact) mass is 412 g/mol. The molecule has 0 radical (unpaired) electrons. The largest absolute Gasteiger partial charge is 0.811 e. The summed E-state index contributed by atoms with van der Waals surface area (Å²) in [7, 11) is 0. The maximum Gasteiger partial charge on any atom is 0.292 e. The molecule has 3 N–H and O–H groups in total. The molecular weight excluding hydrogens is 390 g/mol. The van der Waals surface area contributed by atoms with E-state index in [-0.39, 0.29) is 6.01 Å². The number of nitrogen functional groups attached to an aromatic ring is 1. The van der Waals surface area contributed by atoms with Crippen molar-refractivity contribution < 1.29 is 4.42 Å². The first kappa shape index (κ1) is 19.0. The van der Waals surface area contributed by atoms with Gasteiger partial charge in [-0.2, -0.15) is 11.2 Å². The van der Waals surface area contributed by atoms with Crippen LogP contribution in [0.15, 0.2) is 59.3 Å². The van der Waals surface area contributed by atoms with E-state index in [1.165, 1.54) is 0 Å². The van der Waals surface area contributed by atoms with E-state index < -0.39 is 0 Å². The van der Waals surface area contributed by atoms with Gasteiger partial charge in [0.15, 0.2) is 5.58 Å². The summed E-state index contributed by atoms with van der Waals surface area (Å²) in [6, 6.07) is 12.5. The Morgan fingerprint density at radius 3 is 2.61 bits per heavy atom. The summed E-state index contributed by atoms with van der Waals surface area (Å²) >= 11 is 0. The topological polar surface area (TPSA) is 115 Å². The molecule has 1 aliphatic rings. The zero-order valence-corrected chi connectivity index (χ0v) is 16.9. The fourth-order valence-corrected chi connectivity index (χ4v) is 3.97. The number of fused-ring (bicyclic) bond motifs is 2. The number of nitrogens with one attached hydrogen (secondary N) is 1. The van der Waals surface area contributed by atoms with Crippen LogP contribution in [0.4, 0.5) is 11.8 Å². The van der Waals surface area contributed by atoms with Crippen molar-refractivity contribution in [3.63, 3.8) is 0 Å². The van der Waals surface area contributed by atoms with Gasteiger partial charge in [0.05, 0.1) is 17.2 Å². The van der Waals surface area contributed by atoms with Crippen molar-refractivity contribution in [1.82, 2.24) is 20.3 Å². The number of benzene rings is 2. The molecule has 2 aromatic heterocycles. The molecule has 0 unspecified atom stereocenters. The zero-order chi connectivity index (χ0) is 21.2. The molecule has 0 atom stereocenters. The lowest BCUT2D eigenvalue weighted by Crippen LogP contribution is -2.41. The van der Waals surface area contributed by atoms with Crippen LogP contribution in [-0.4, -0.2) is 40.3 Å². The predicted octanol–water partition coefficient (Wildman–Crippen LogP) is 3.73. The van der Waals surface area contributed by atoms with Crippen molar-refractivity contribution in [3.8, 4) is 11.1 Å². The Kier molecular flexibility index (Phi) is 4.95. The van der Waals surface area contributed by atoms with Crippen LogP contribution in [0.3, 0.4) is 0 Å². The van der Waals surface area contributed by atoms with Gasteiger partial charge in [-0.25, -0.2) is 4.98 Å². The number of rotatable bonds is 5. The van der Waals surface area contributed by atoms with Gasteiger partial charge in [-0.15, -0.1) is 0 Å². The molecule has 3 heterocycles. The van der Waals surface area contributed by atoms with Crippen molar-refractivity contribution in [2.24, 2.45) is 0 Å². The van der Waals surface area contributed by atoms with Crippen LogP contribution in [0.25, 0.3) is 38.7 Å². The van der Waals surface area contributed by atoms with E-state index in [0.717, 1.165) is 65.6 Å². The lowest BCUT2D eigenvalue weighted by molar-refractivity contribution is 0.453. The Bertz CT molecular complexity index is 1270. The lowest BCUT2D eigenvalue weighted by atomic mass is 10.0. The van der Waals surface area contributed by atoms with Crippen molar-refractivity contribution in [2.75, 3.05) is 23.7 Å². The number of hydrogen-bond donors (Lipinski definition) is 2. The van der Waals surface area contributed by atoms with Gasteiger partial charge in [0.25, 0.3) is 6.01 Å². The maximum atomic E-state index is 8.73. The van der Waals surface area contributed by atoms with Crippen molar-refractivity contribution in [3.05, 3.63) is 60.3 Å². The summed E-state index contributed by atoms with van der Waals surface area (Å²) in [6.45, 7) is 1.80. The van der Waals surface area contributed by atoms with E-state index in [0.29, 0.717) is 11.6 Å². The third kappa shape index (κ3) is 3.92. The Balaban J connectivity index is 1.38. The molecule has 156 valence electrons. The number of aromatic nitrogens is 3. The first-order valence-corrected chi connectivity index (χ1v) is 10.3. The van der Waals surface area contributed by atoms with E-state index in [2.05, 4.69) is 26.3 Å². The molecule has 4 aromatic rings. The Hall–Kier alpha value is -3.94. The van der Waals surface area contributed by atoms with Crippen LogP contribution in [-0.2, 0) is 0 Å². The number of nitrogens with two attached hydrogens (primary N) is 1. The van der Waals surface area contributed by atoms with Gasteiger partial charge in [0.2, 0.25) is 0 Å². The number of piperidine rings is 1. The molecule has 2 aromatic carbocycles. The van der Waals surface area contributed by atoms with Crippen LogP contribution in [0.5, 0.6) is 0 Å². The first-order chi connectivity index (χ1) is 15.2. The lowest BCUT2D eigenvalue weighted by Gasteiger charge is -2.32. The Labute approximate surface area is 179 Å². The second kappa shape index (κ2) is 8.06. The fraction of sp³-hybridized carbons (Fsp3) is 0.217. The molecule has 0 saturated carbocycles. The van der Waals surface area contributed by atoms with E-state index in [1.807, 2.05) is 36.5 Å². The van der Waals surface area contributed by atoms with E-state index in [9.17, 15) is 0 Å². The molecule has 31 heavy (non-hydrogen) atoms. The highest BCUT2D eigenvalue weighted by Gasteiger charge is 2.19. The zero-order valence-electron chi connectivity index (χ0n) is 16.9. The smallest absolute Gasteiger partial charge is 0.292 e. The standard InChI is InChI=1S/C23H22N7O/c24-8-1-9-26-17-6-10-30(11-7-17)22-14-27-18-4-2-15(12-19(18)28-22)16-3-5-21-20(13-16)29-23(25)31-21/h1-5,8-9,12-14,17,26H,6-7,10-11H2,(H2,25,29)/q-1/b9-1-. The number of hydrogen-bond acceptors (Lipinski definition) is 7.